The van der Waals surface area contributed by atoms with Crippen LogP contribution in [0.3, 0.4) is 0 Å². The molecule has 0 aliphatic carbocycles. The van der Waals surface area contributed by atoms with Crippen molar-refractivity contribution in [3.8, 4) is 0 Å². The van der Waals surface area contributed by atoms with Crippen molar-refractivity contribution < 1.29 is 13.9 Å². The fraction of sp³-hybridized carbons (Fsp3) is 0.100. The number of benzene rings is 1. The molecule has 0 bridgehead atoms. The highest BCUT2D eigenvalue weighted by atomic mass is 79.9. The highest BCUT2D eigenvalue weighted by molar-refractivity contribution is 9.10. The zero-order valence-corrected chi connectivity index (χ0v) is 9.05. The van der Waals surface area contributed by atoms with Gasteiger partial charge in [0, 0.05) is 16.1 Å². The number of halogens is 2. The molecule has 0 N–H and O–H groups in total. The van der Waals surface area contributed by atoms with Crippen LogP contribution in [-0.2, 0) is 9.53 Å². The van der Waals surface area contributed by atoms with E-state index in [9.17, 15) is 9.18 Å². The zero-order valence-electron chi connectivity index (χ0n) is 7.46. The number of esters is 1. The standard InChI is InChI=1S/C10H8BrFO2/c1-14-10(13)6-5-7-8(11)3-2-4-9(7)12/h2-6H,1H3. The Labute approximate surface area is 89.5 Å². The molecule has 0 spiro atoms. The molecule has 0 amide bonds. The molecule has 0 unspecified atom stereocenters. The number of carbonyl (C=O) groups is 1. The van der Waals surface area contributed by atoms with Crippen LogP contribution in [-0.4, -0.2) is 13.1 Å². The number of rotatable bonds is 2. The molecule has 1 aromatic carbocycles. The number of carbonyl (C=O) groups excluding carboxylic acids is 1. The topological polar surface area (TPSA) is 26.3 Å². The second-order valence-corrected chi connectivity index (χ2v) is 3.35. The molecule has 0 radical (unpaired) electrons. The van der Waals surface area contributed by atoms with Crippen LogP contribution in [0.2, 0.25) is 0 Å². The fourth-order valence-electron chi connectivity index (χ4n) is 0.889. The van der Waals surface area contributed by atoms with E-state index in [0.717, 1.165) is 0 Å². The van der Waals surface area contributed by atoms with Gasteiger partial charge in [0.15, 0.2) is 0 Å². The van der Waals surface area contributed by atoms with Crippen molar-refractivity contribution in [1.29, 1.82) is 0 Å². The number of hydrogen-bond acceptors (Lipinski definition) is 2. The number of ether oxygens (including phenoxy) is 1. The smallest absolute Gasteiger partial charge is 0.330 e. The average molecular weight is 259 g/mol. The molecule has 0 aliphatic heterocycles. The van der Waals surface area contributed by atoms with E-state index in [2.05, 4.69) is 20.7 Å². The van der Waals surface area contributed by atoms with Gasteiger partial charge in [-0.25, -0.2) is 9.18 Å². The quantitative estimate of drug-likeness (QED) is 0.603. The first-order valence-corrected chi connectivity index (χ1v) is 4.64. The Hall–Kier alpha value is -1.16. The minimum absolute atomic E-state index is 0.331. The Morgan fingerprint density at radius 3 is 2.86 bits per heavy atom. The van der Waals surface area contributed by atoms with Gasteiger partial charge in [-0.05, 0) is 18.2 Å². The Balaban J connectivity index is 2.96. The lowest BCUT2D eigenvalue weighted by molar-refractivity contribution is -0.134. The van der Waals surface area contributed by atoms with Crippen molar-refractivity contribution in [2.75, 3.05) is 7.11 Å². The summed E-state index contributed by atoms with van der Waals surface area (Å²) in [6.45, 7) is 0. The van der Waals surface area contributed by atoms with Crippen molar-refractivity contribution in [2.45, 2.75) is 0 Å². The first-order chi connectivity index (χ1) is 6.65. The van der Waals surface area contributed by atoms with E-state index >= 15 is 0 Å². The zero-order chi connectivity index (χ0) is 10.6. The van der Waals surface area contributed by atoms with Gasteiger partial charge in [-0.15, -0.1) is 0 Å². The maximum Gasteiger partial charge on any atom is 0.330 e. The van der Waals surface area contributed by atoms with Crippen LogP contribution in [0, 0.1) is 5.82 Å². The van der Waals surface area contributed by atoms with Crippen LogP contribution in [0.4, 0.5) is 4.39 Å². The largest absolute Gasteiger partial charge is 0.466 e. The molecule has 0 saturated carbocycles. The Morgan fingerprint density at radius 1 is 1.57 bits per heavy atom. The molecule has 1 aromatic rings. The number of hydrogen-bond donors (Lipinski definition) is 0. The van der Waals surface area contributed by atoms with Crippen LogP contribution < -0.4 is 0 Å². The lowest BCUT2D eigenvalue weighted by atomic mass is 10.2. The summed E-state index contributed by atoms with van der Waals surface area (Å²) in [6.07, 6.45) is 2.54. The summed E-state index contributed by atoms with van der Waals surface area (Å²) >= 11 is 3.18. The Kier molecular flexibility index (Phi) is 3.83. The predicted octanol–water partition coefficient (Wildman–Crippen LogP) is 2.77. The molecule has 14 heavy (non-hydrogen) atoms. The second-order valence-electron chi connectivity index (χ2n) is 2.49. The van der Waals surface area contributed by atoms with Crippen LogP contribution in [0.15, 0.2) is 28.7 Å². The molecule has 1 rings (SSSR count). The van der Waals surface area contributed by atoms with Gasteiger partial charge in [0.05, 0.1) is 7.11 Å². The summed E-state index contributed by atoms with van der Waals surface area (Å²) < 4.78 is 18.2. The van der Waals surface area contributed by atoms with E-state index in [1.54, 1.807) is 12.1 Å². The summed E-state index contributed by atoms with van der Waals surface area (Å²) in [5.41, 5.74) is 0.331. The van der Waals surface area contributed by atoms with Crippen molar-refractivity contribution >= 4 is 28.0 Å². The third-order valence-electron chi connectivity index (χ3n) is 1.59. The van der Waals surface area contributed by atoms with Gasteiger partial charge in [0.25, 0.3) is 0 Å². The van der Waals surface area contributed by atoms with Gasteiger partial charge in [-0.1, -0.05) is 22.0 Å². The summed E-state index contributed by atoms with van der Waals surface area (Å²) in [5, 5.41) is 0. The minimum atomic E-state index is -0.514. The van der Waals surface area contributed by atoms with Crippen LogP contribution >= 0.6 is 15.9 Å². The van der Waals surface area contributed by atoms with Gasteiger partial charge in [0.1, 0.15) is 5.82 Å². The molecule has 0 fully saturated rings. The lowest BCUT2D eigenvalue weighted by Gasteiger charge is -1.99. The number of methoxy groups -OCH3 is 1. The first kappa shape index (κ1) is 10.9. The molecule has 0 aromatic heterocycles. The van der Waals surface area contributed by atoms with Gasteiger partial charge in [0.2, 0.25) is 0 Å². The highest BCUT2D eigenvalue weighted by Crippen LogP contribution is 2.20. The fourth-order valence-corrected chi connectivity index (χ4v) is 1.36. The van der Waals surface area contributed by atoms with Crippen molar-refractivity contribution in [1.82, 2.24) is 0 Å². The average Bonchev–Trinajstić information content (AvgIpc) is 2.16. The Morgan fingerprint density at radius 2 is 2.29 bits per heavy atom. The normalized spacial score (nSPS) is 10.5. The van der Waals surface area contributed by atoms with Gasteiger partial charge < -0.3 is 4.74 Å². The molecule has 0 saturated heterocycles. The van der Waals surface area contributed by atoms with Crippen LogP contribution in [0.5, 0.6) is 0 Å². The van der Waals surface area contributed by atoms with Gasteiger partial charge >= 0.3 is 5.97 Å². The van der Waals surface area contributed by atoms with Crippen molar-refractivity contribution in [3.05, 3.63) is 40.1 Å². The molecular formula is C10H8BrFO2. The maximum absolute atomic E-state index is 13.2. The van der Waals surface area contributed by atoms with Gasteiger partial charge in [-0.3, -0.25) is 0 Å². The van der Waals surface area contributed by atoms with Crippen molar-refractivity contribution in [3.63, 3.8) is 0 Å². The Bertz CT molecular complexity index is 354. The SMILES string of the molecule is COC(=O)C=Cc1c(F)cccc1Br. The van der Waals surface area contributed by atoms with E-state index in [1.807, 2.05) is 0 Å². The lowest BCUT2D eigenvalue weighted by Crippen LogP contribution is -1.94. The maximum atomic E-state index is 13.2. The molecule has 2 nitrogen and oxygen atoms in total. The molecular weight excluding hydrogens is 251 g/mol. The van der Waals surface area contributed by atoms with Crippen LogP contribution in [0.1, 0.15) is 5.56 Å². The van der Waals surface area contributed by atoms with E-state index in [1.165, 1.54) is 25.3 Å². The second kappa shape index (κ2) is 4.91. The first-order valence-electron chi connectivity index (χ1n) is 3.85. The van der Waals surface area contributed by atoms with E-state index in [4.69, 9.17) is 0 Å². The highest BCUT2D eigenvalue weighted by Gasteiger charge is 2.02. The third kappa shape index (κ3) is 2.67. The minimum Gasteiger partial charge on any atom is -0.466 e. The van der Waals surface area contributed by atoms with Crippen molar-refractivity contribution in [2.24, 2.45) is 0 Å². The molecule has 4 heteroatoms. The molecule has 0 atom stereocenters. The monoisotopic (exact) mass is 258 g/mol. The molecule has 0 heterocycles. The predicted molar refractivity (Wildman–Crippen MR) is 55.2 cm³/mol. The summed E-state index contributed by atoms with van der Waals surface area (Å²) in [5.74, 6) is -0.903. The molecule has 0 aliphatic rings. The van der Waals surface area contributed by atoms with E-state index in [0.29, 0.717) is 10.0 Å². The van der Waals surface area contributed by atoms with Gasteiger partial charge in [-0.2, -0.15) is 0 Å². The van der Waals surface area contributed by atoms with E-state index in [-0.39, 0.29) is 5.82 Å². The summed E-state index contributed by atoms with van der Waals surface area (Å²) in [6, 6.07) is 4.59. The van der Waals surface area contributed by atoms with Crippen LogP contribution in [0.25, 0.3) is 6.08 Å². The third-order valence-corrected chi connectivity index (χ3v) is 2.28. The summed E-state index contributed by atoms with van der Waals surface area (Å²) in [7, 11) is 1.27. The van der Waals surface area contributed by atoms with E-state index < -0.39 is 5.97 Å². The summed E-state index contributed by atoms with van der Waals surface area (Å²) in [4.78, 5) is 10.8. The molecule has 74 valence electrons.